The number of likely N-dealkylation sites (N-methyl/N-ethyl adjacent to an activating group) is 1. The summed E-state index contributed by atoms with van der Waals surface area (Å²) in [6.07, 6.45) is 0. The van der Waals surface area contributed by atoms with Crippen LogP contribution in [0.2, 0.25) is 0 Å². The summed E-state index contributed by atoms with van der Waals surface area (Å²) in [4.78, 5) is 16.4. The van der Waals surface area contributed by atoms with Gasteiger partial charge in [0.2, 0.25) is 0 Å². The number of rotatable bonds is 4. The quantitative estimate of drug-likeness (QED) is 0.846. The highest BCUT2D eigenvalue weighted by molar-refractivity contribution is 5.92. The molecule has 2 aromatic rings. The van der Waals surface area contributed by atoms with Gasteiger partial charge in [-0.25, -0.2) is 8.78 Å². The second-order valence-electron chi connectivity index (χ2n) is 6.10. The van der Waals surface area contributed by atoms with E-state index in [1.165, 1.54) is 12.1 Å². The smallest absolute Gasteiger partial charge is 0.276 e. The summed E-state index contributed by atoms with van der Waals surface area (Å²) >= 11 is 0. The van der Waals surface area contributed by atoms with E-state index in [0.717, 1.165) is 18.7 Å². The molecule has 134 valence electrons. The fraction of sp³-hybridized carbons (Fsp3) is 0.412. The summed E-state index contributed by atoms with van der Waals surface area (Å²) in [5.41, 5.74) is 0.157. The van der Waals surface area contributed by atoms with Gasteiger partial charge in [0.15, 0.2) is 28.8 Å². The normalized spacial score (nSPS) is 18.4. The van der Waals surface area contributed by atoms with Crippen molar-refractivity contribution in [2.75, 3.05) is 26.7 Å². The molecule has 0 saturated carbocycles. The maximum absolute atomic E-state index is 13.5. The Morgan fingerprint density at radius 1 is 1.36 bits per heavy atom. The molecular weight excluding hydrogens is 332 g/mol. The summed E-state index contributed by atoms with van der Waals surface area (Å²) in [5, 5.41) is 3.75. The van der Waals surface area contributed by atoms with E-state index in [-0.39, 0.29) is 30.0 Å². The molecule has 2 heterocycles. The van der Waals surface area contributed by atoms with Gasteiger partial charge in [0.25, 0.3) is 5.91 Å². The third-order valence-electron chi connectivity index (χ3n) is 4.30. The molecule has 3 rings (SSSR count). The number of hydrogen-bond donors (Lipinski definition) is 0. The highest BCUT2D eigenvalue weighted by Crippen LogP contribution is 2.22. The fourth-order valence-corrected chi connectivity index (χ4v) is 2.64. The molecule has 0 radical (unpaired) electrons. The van der Waals surface area contributed by atoms with Gasteiger partial charge in [-0.3, -0.25) is 4.79 Å². The van der Waals surface area contributed by atoms with Crippen molar-refractivity contribution in [1.82, 2.24) is 15.0 Å². The summed E-state index contributed by atoms with van der Waals surface area (Å²) in [7, 11) is 2.01. The lowest BCUT2D eigenvalue weighted by Gasteiger charge is -2.37. The zero-order valence-corrected chi connectivity index (χ0v) is 14.0. The number of benzene rings is 1. The van der Waals surface area contributed by atoms with Crippen LogP contribution < -0.4 is 4.74 Å². The Balaban J connectivity index is 1.63. The van der Waals surface area contributed by atoms with E-state index >= 15 is 0 Å². The van der Waals surface area contributed by atoms with Crippen LogP contribution in [-0.4, -0.2) is 53.6 Å². The second-order valence-corrected chi connectivity index (χ2v) is 6.10. The number of piperazine rings is 1. The van der Waals surface area contributed by atoms with Crippen LogP contribution in [0.1, 0.15) is 23.2 Å². The number of carbonyl (C=O) groups is 1. The molecule has 25 heavy (non-hydrogen) atoms. The van der Waals surface area contributed by atoms with Crippen LogP contribution in [0.5, 0.6) is 5.75 Å². The molecule has 0 unspecified atom stereocenters. The minimum atomic E-state index is -0.803. The van der Waals surface area contributed by atoms with E-state index in [1.807, 2.05) is 14.0 Å². The largest absolute Gasteiger partial charge is 0.479 e. The number of carbonyl (C=O) groups excluding carboxylic acids is 1. The maximum atomic E-state index is 13.5. The lowest BCUT2D eigenvalue weighted by atomic mass is 10.2. The van der Waals surface area contributed by atoms with Gasteiger partial charge in [0.1, 0.15) is 6.61 Å². The SMILES string of the molecule is C[C@@H]1CN(C(=O)c2cc(COc3c(F)cccc3F)on2)CCN1C. The molecule has 1 aromatic heterocycles. The molecule has 6 nitrogen and oxygen atoms in total. The zero-order valence-electron chi connectivity index (χ0n) is 14.0. The Morgan fingerprint density at radius 2 is 2.08 bits per heavy atom. The van der Waals surface area contributed by atoms with Crippen molar-refractivity contribution in [3.05, 3.63) is 47.4 Å². The first-order chi connectivity index (χ1) is 12.0. The first-order valence-electron chi connectivity index (χ1n) is 7.97. The van der Waals surface area contributed by atoms with Crippen LogP contribution in [0.15, 0.2) is 28.8 Å². The standard InChI is InChI=1S/C17H19F2N3O3/c1-11-9-22(7-6-21(11)2)17(23)15-8-12(25-20-15)10-24-16-13(18)4-3-5-14(16)19/h3-5,8,11H,6-7,9-10H2,1-2H3/t11-/m1/s1. The van der Waals surface area contributed by atoms with Crippen molar-refractivity contribution in [2.24, 2.45) is 0 Å². The van der Waals surface area contributed by atoms with Gasteiger partial charge in [0, 0.05) is 31.7 Å². The Kier molecular flexibility index (Phi) is 4.98. The molecule has 1 atom stereocenters. The number of amides is 1. The molecule has 0 N–H and O–H groups in total. The molecule has 1 amide bonds. The molecule has 1 aromatic carbocycles. The molecule has 0 aliphatic carbocycles. The van der Waals surface area contributed by atoms with Gasteiger partial charge in [-0.1, -0.05) is 11.2 Å². The Labute approximate surface area is 143 Å². The van der Waals surface area contributed by atoms with Gasteiger partial charge < -0.3 is 19.1 Å². The van der Waals surface area contributed by atoms with E-state index in [9.17, 15) is 13.6 Å². The molecule has 1 aliphatic rings. The van der Waals surface area contributed by atoms with Gasteiger partial charge in [-0.05, 0) is 26.1 Å². The number of halogens is 2. The van der Waals surface area contributed by atoms with E-state index < -0.39 is 17.4 Å². The molecule has 8 heteroatoms. The average molecular weight is 351 g/mol. The van der Waals surface area contributed by atoms with Gasteiger partial charge >= 0.3 is 0 Å². The summed E-state index contributed by atoms with van der Waals surface area (Å²) < 4.78 is 37.2. The lowest BCUT2D eigenvalue weighted by molar-refractivity contribution is 0.0562. The van der Waals surface area contributed by atoms with E-state index in [2.05, 4.69) is 10.1 Å². The molecule has 1 fully saturated rings. The molecule has 0 bridgehead atoms. The third-order valence-corrected chi connectivity index (χ3v) is 4.30. The fourth-order valence-electron chi connectivity index (χ4n) is 2.64. The van der Waals surface area contributed by atoms with E-state index in [1.54, 1.807) is 4.90 Å². The van der Waals surface area contributed by atoms with E-state index in [4.69, 9.17) is 9.26 Å². The van der Waals surface area contributed by atoms with Gasteiger partial charge in [-0.15, -0.1) is 0 Å². The number of aromatic nitrogens is 1. The molecule has 0 spiro atoms. The van der Waals surface area contributed by atoms with Crippen molar-refractivity contribution < 1.29 is 22.8 Å². The second kappa shape index (κ2) is 7.18. The van der Waals surface area contributed by atoms with Crippen molar-refractivity contribution in [2.45, 2.75) is 19.6 Å². The van der Waals surface area contributed by atoms with Crippen LogP contribution in [0.25, 0.3) is 0 Å². The minimum Gasteiger partial charge on any atom is -0.479 e. The van der Waals surface area contributed by atoms with Gasteiger partial charge in [-0.2, -0.15) is 0 Å². The Morgan fingerprint density at radius 3 is 2.76 bits per heavy atom. The van der Waals surface area contributed by atoms with Crippen molar-refractivity contribution >= 4 is 5.91 Å². The first-order valence-corrected chi connectivity index (χ1v) is 7.97. The first kappa shape index (κ1) is 17.3. The Hall–Kier alpha value is -2.48. The summed E-state index contributed by atoms with van der Waals surface area (Å²) in [6.45, 7) is 3.82. The highest BCUT2D eigenvalue weighted by Gasteiger charge is 2.27. The Bertz CT molecular complexity index is 745. The van der Waals surface area contributed by atoms with Crippen LogP contribution in [-0.2, 0) is 6.61 Å². The maximum Gasteiger partial charge on any atom is 0.276 e. The van der Waals surface area contributed by atoms with Crippen molar-refractivity contribution in [1.29, 1.82) is 0 Å². The number of nitrogens with zero attached hydrogens (tertiary/aromatic N) is 3. The average Bonchev–Trinajstić information content (AvgIpc) is 3.05. The summed E-state index contributed by atoms with van der Waals surface area (Å²) in [6, 6.07) is 5.14. The van der Waals surface area contributed by atoms with Crippen LogP contribution in [0.3, 0.4) is 0 Å². The lowest BCUT2D eigenvalue weighted by Crippen LogP contribution is -2.52. The highest BCUT2D eigenvalue weighted by atomic mass is 19.1. The number of para-hydroxylation sites is 1. The van der Waals surface area contributed by atoms with Crippen molar-refractivity contribution in [3.8, 4) is 5.75 Å². The molecule has 1 saturated heterocycles. The summed E-state index contributed by atoms with van der Waals surface area (Å²) in [5.74, 6) is -2.11. The van der Waals surface area contributed by atoms with Crippen LogP contribution in [0.4, 0.5) is 8.78 Å². The van der Waals surface area contributed by atoms with Crippen LogP contribution in [0, 0.1) is 11.6 Å². The zero-order chi connectivity index (χ0) is 18.0. The predicted molar refractivity (Wildman–Crippen MR) is 85.2 cm³/mol. The van der Waals surface area contributed by atoms with Gasteiger partial charge in [0.05, 0.1) is 0 Å². The number of ether oxygens (including phenoxy) is 1. The monoisotopic (exact) mass is 351 g/mol. The van der Waals surface area contributed by atoms with E-state index in [0.29, 0.717) is 13.1 Å². The van der Waals surface area contributed by atoms with Crippen LogP contribution >= 0.6 is 0 Å². The topological polar surface area (TPSA) is 58.8 Å². The number of hydrogen-bond acceptors (Lipinski definition) is 5. The third kappa shape index (κ3) is 3.79. The molecule has 1 aliphatic heterocycles. The predicted octanol–water partition coefficient (Wildman–Crippen LogP) is 2.31. The minimum absolute atomic E-state index is 0.157. The molecular formula is C17H19F2N3O3. The van der Waals surface area contributed by atoms with Crippen molar-refractivity contribution in [3.63, 3.8) is 0 Å².